The molecule has 1 amide bonds. The van der Waals surface area contributed by atoms with Crippen LogP contribution >= 0.6 is 11.8 Å². The van der Waals surface area contributed by atoms with Gasteiger partial charge in [0, 0.05) is 24.6 Å². The van der Waals surface area contributed by atoms with Crippen molar-refractivity contribution in [2.45, 2.75) is 31.7 Å². The number of carbonyl (C=O) groups excluding carboxylic acids is 2. The van der Waals surface area contributed by atoms with Gasteiger partial charge >= 0.3 is 6.09 Å². The molecule has 7 heteroatoms. The van der Waals surface area contributed by atoms with Crippen LogP contribution in [0.2, 0.25) is 0 Å². The van der Waals surface area contributed by atoms with Gasteiger partial charge in [0.15, 0.2) is 5.78 Å². The lowest BCUT2D eigenvalue weighted by Gasteiger charge is -2.41. The van der Waals surface area contributed by atoms with E-state index in [-0.39, 0.29) is 25.4 Å². The van der Waals surface area contributed by atoms with Crippen molar-refractivity contribution in [2.75, 3.05) is 24.7 Å². The molecule has 2 fully saturated rings. The topological polar surface area (TPSA) is 70.1 Å². The molecule has 130 valence electrons. The van der Waals surface area contributed by atoms with Crippen LogP contribution in [-0.4, -0.2) is 63.3 Å². The molecule has 6 nitrogen and oxygen atoms in total. The van der Waals surface area contributed by atoms with Gasteiger partial charge in [0.2, 0.25) is 0 Å². The second-order valence-electron chi connectivity index (χ2n) is 6.32. The number of hydrogen-bond acceptors (Lipinski definition) is 6. The average molecular weight is 350 g/mol. The molecule has 3 rings (SSSR count). The predicted molar refractivity (Wildman–Crippen MR) is 91.4 cm³/mol. The fraction of sp³-hybridized carbons (Fsp3) is 0.529. The molecule has 1 aromatic carbocycles. The van der Waals surface area contributed by atoms with Crippen LogP contribution in [0.3, 0.4) is 0 Å². The molecule has 2 saturated heterocycles. The Balaban J connectivity index is 1.68. The number of benzene rings is 1. The molecule has 0 aromatic heterocycles. The van der Waals surface area contributed by atoms with Crippen molar-refractivity contribution in [3.63, 3.8) is 0 Å². The smallest absolute Gasteiger partial charge is 0.410 e. The van der Waals surface area contributed by atoms with Crippen LogP contribution in [0.25, 0.3) is 0 Å². The van der Waals surface area contributed by atoms with Crippen molar-refractivity contribution in [3.05, 3.63) is 35.9 Å². The van der Waals surface area contributed by atoms with Crippen molar-refractivity contribution >= 4 is 23.6 Å². The number of hydrogen-bond donors (Lipinski definition) is 1. The van der Waals surface area contributed by atoms with Gasteiger partial charge in [-0.3, -0.25) is 14.6 Å². The number of likely N-dealkylation sites (tertiary alicyclic amines) is 1. The van der Waals surface area contributed by atoms with Crippen molar-refractivity contribution in [1.29, 1.82) is 0 Å². The molecule has 1 aromatic rings. The lowest BCUT2D eigenvalue weighted by Crippen LogP contribution is -2.59. The van der Waals surface area contributed by atoms with E-state index in [9.17, 15) is 14.7 Å². The largest absolute Gasteiger partial charge is 0.445 e. The monoisotopic (exact) mass is 350 g/mol. The lowest BCUT2D eigenvalue weighted by molar-refractivity contribution is -0.126. The number of carbonyl (C=O) groups is 2. The average Bonchev–Trinajstić information content (AvgIpc) is 3.23. The third-order valence-electron chi connectivity index (χ3n) is 4.61. The van der Waals surface area contributed by atoms with Crippen LogP contribution in [0, 0.1) is 0 Å². The number of thioether (sulfide) groups is 1. The first kappa shape index (κ1) is 17.3. The highest BCUT2D eigenvalue weighted by atomic mass is 32.2. The second-order valence-corrected chi connectivity index (χ2v) is 7.40. The van der Waals surface area contributed by atoms with Crippen LogP contribution in [-0.2, 0) is 16.1 Å². The van der Waals surface area contributed by atoms with Crippen molar-refractivity contribution < 1.29 is 19.4 Å². The predicted octanol–water partition coefficient (Wildman–Crippen LogP) is 1.68. The molecule has 24 heavy (non-hydrogen) atoms. The van der Waals surface area contributed by atoms with E-state index in [4.69, 9.17) is 4.74 Å². The summed E-state index contributed by atoms with van der Waals surface area (Å²) in [5.41, 5.74) is -0.350. The highest BCUT2D eigenvalue weighted by molar-refractivity contribution is 7.99. The number of Topliss-reactive ketones (excluding diaryl/α,β-unsaturated/α-hetero) is 1. The van der Waals surface area contributed by atoms with Gasteiger partial charge in [-0.05, 0) is 12.5 Å². The van der Waals surface area contributed by atoms with Gasteiger partial charge in [0.25, 0.3) is 0 Å². The van der Waals surface area contributed by atoms with Gasteiger partial charge in [-0.15, -0.1) is 11.8 Å². The van der Waals surface area contributed by atoms with Crippen LogP contribution in [0.1, 0.15) is 18.9 Å². The molecule has 2 heterocycles. The molecule has 0 radical (unpaired) electrons. The van der Waals surface area contributed by atoms with Crippen LogP contribution in [0.5, 0.6) is 0 Å². The van der Waals surface area contributed by atoms with Crippen LogP contribution in [0.15, 0.2) is 30.3 Å². The summed E-state index contributed by atoms with van der Waals surface area (Å²) in [6, 6.07) is 8.82. The molecular weight excluding hydrogens is 328 g/mol. The van der Waals surface area contributed by atoms with E-state index in [0.717, 1.165) is 17.9 Å². The quantitative estimate of drug-likeness (QED) is 0.891. The SMILES string of the molecule is CC(O)(C1CC(=O)CN1C(=O)OCc1ccccc1)N1CCSC1. The van der Waals surface area contributed by atoms with Crippen LogP contribution in [0.4, 0.5) is 4.79 Å². The fourth-order valence-electron chi connectivity index (χ4n) is 3.15. The second kappa shape index (κ2) is 7.13. The van der Waals surface area contributed by atoms with Gasteiger partial charge in [-0.25, -0.2) is 4.79 Å². The summed E-state index contributed by atoms with van der Waals surface area (Å²) in [6.45, 7) is 2.57. The van der Waals surface area contributed by atoms with Gasteiger partial charge in [-0.2, -0.15) is 0 Å². The first-order valence-corrected chi connectivity index (χ1v) is 9.18. The summed E-state index contributed by atoms with van der Waals surface area (Å²) in [6.07, 6.45) is -0.393. The highest BCUT2D eigenvalue weighted by Crippen LogP contribution is 2.32. The first-order chi connectivity index (χ1) is 11.5. The Bertz CT molecular complexity index is 602. The molecule has 0 saturated carbocycles. The summed E-state index contributed by atoms with van der Waals surface area (Å²) >= 11 is 1.73. The summed E-state index contributed by atoms with van der Waals surface area (Å²) < 4.78 is 5.35. The Morgan fingerprint density at radius 3 is 2.83 bits per heavy atom. The van der Waals surface area contributed by atoms with Crippen molar-refractivity contribution in [1.82, 2.24) is 9.80 Å². The number of aliphatic hydroxyl groups is 1. The molecule has 1 N–H and O–H groups in total. The lowest BCUT2D eigenvalue weighted by atomic mass is 10.0. The summed E-state index contributed by atoms with van der Waals surface area (Å²) in [4.78, 5) is 27.7. The van der Waals surface area contributed by atoms with Gasteiger partial charge < -0.3 is 9.84 Å². The summed E-state index contributed by atoms with van der Waals surface area (Å²) in [5, 5.41) is 10.9. The molecule has 0 bridgehead atoms. The molecule has 2 unspecified atom stereocenters. The van der Waals surface area contributed by atoms with Crippen molar-refractivity contribution in [3.8, 4) is 0 Å². The van der Waals surface area contributed by atoms with E-state index < -0.39 is 17.9 Å². The molecule has 2 atom stereocenters. The number of nitrogens with zero attached hydrogens (tertiary/aromatic N) is 2. The minimum Gasteiger partial charge on any atom is -0.445 e. The number of amides is 1. The Hall–Kier alpha value is -1.57. The Labute approximate surface area is 145 Å². The van der Waals surface area contributed by atoms with E-state index in [0.29, 0.717) is 5.88 Å². The van der Waals surface area contributed by atoms with E-state index in [2.05, 4.69) is 0 Å². The van der Waals surface area contributed by atoms with Gasteiger partial charge in [-0.1, -0.05) is 30.3 Å². The maximum Gasteiger partial charge on any atom is 0.410 e. The standard InChI is InChI=1S/C17H22N2O4S/c1-17(22,18-7-8-24-12-18)15-9-14(20)10-19(15)16(21)23-11-13-5-3-2-4-6-13/h2-6,15,22H,7-12H2,1H3. The Kier molecular flexibility index (Phi) is 5.12. The molecule has 2 aliphatic rings. The summed E-state index contributed by atoms with van der Waals surface area (Å²) in [7, 11) is 0. The molecule has 2 aliphatic heterocycles. The number of rotatable bonds is 4. The maximum atomic E-state index is 12.5. The van der Waals surface area contributed by atoms with Gasteiger partial charge in [0.05, 0.1) is 12.6 Å². The summed E-state index contributed by atoms with van der Waals surface area (Å²) in [5.74, 6) is 1.59. The van der Waals surface area contributed by atoms with E-state index >= 15 is 0 Å². The number of ketones is 1. The normalized spacial score (nSPS) is 24.2. The zero-order chi connectivity index (χ0) is 17.2. The van der Waals surface area contributed by atoms with E-state index in [1.165, 1.54) is 4.90 Å². The van der Waals surface area contributed by atoms with E-state index in [1.54, 1.807) is 18.7 Å². The minimum absolute atomic E-state index is 0.00454. The zero-order valence-electron chi connectivity index (χ0n) is 13.7. The molecule has 0 spiro atoms. The molecule has 0 aliphatic carbocycles. The third kappa shape index (κ3) is 3.58. The zero-order valence-corrected chi connectivity index (χ0v) is 14.5. The van der Waals surface area contributed by atoms with Crippen molar-refractivity contribution in [2.24, 2.45) is 0 Å². The Morgan fingerprint density at radius 1 is 1.42 bits per heavy atom. The Morgan fingerprint density at radius 2 is 2.17 bits per heavy atom. The third-order valence-corrected chi connectivity index (χ3v) is 5.57. The van der Waals surface area contributed by atoms with E-state index in [1.807, 2.05) is 35.2 Å². The highest BCUT2D eigenvalue weighted by Gasteiger charge is 2.49. The maximum absolute atomic E-state index is 12.5. The minimum atomic E-state index is -1.23. The number of ether oxygens (including phenoxy) is 1. The molecular formula is C17H22N2O4S. The fourth-order valence-corrected chi connectivity index (χ4v) is 4.24. The van der Waals surface area contributed by atoms with Crippen LogP contribution < -0.4 is 0 Å². The first-order valence-electron chi connectivity index (χ1n) is 8.02. The van der Waals surface area contributed by atoms with Gasteiger partial charge in [0.1, 0.15) is 12.3 Å².